The number of ether oxygens (including phenoxy) is 1. The molecule has 0 spiro atoms. The Hall–Kier alpha value is -0.120. The van der Waals surface area contributed by atoms with Crippen LogP contribution in [0.3, 0.4) is 0 Å². The van der Waals surface area contributed by atoms with Crippen molar-refractivity contribution in [2.24, 2.45) is 17.6 Å². The Morgan fingerprint density at radius 3 is 2.12 bits per heavy atom. The molecule has 3 heteroatoms. The van der Waals surface area contributed by atoms with Crippen molar-refractivity contribution in [2.75, 3.05) is 13.1 Å². The summed E-state index contributed by atoms with van der Waals surface area (Å²) in [6.45, 7) is 11.1. The normalized spacial score (nSPS) is 49.2. The fourth-order valence-corrected chi connectivity index (χ4v) is 3.99. The highest BCUT2D eigenvalue weighted by Gasteiger charge is 2.38. The summed E-state index contributed by atoms with van der Waals surface area (Å²) in [7, 11) is 0. The standard InChI is InChI=1S/C14H28N2O/c1-9-5-10(2)14(13(15)6-9)16-7-11(3)17-12(4)8-16/h9-14H,5-8,15H2,1-4H3. The van der Waals surface area contributed by atoms with E-state index in [-0.39, 0.29) is 0 Å². The number of nitrogens with two attached hydrogens (primary N) is 1. The molecule has 3 nitrogen and oxygen atoms in total. The van der Waals surface area contributed by atoms with Crippen molar-refractivity contribution >= 4 is 0 Å². The van der Waals surface area contributed by atoms with E-state index in [1.54, 1.807) is 0 Å². The molecule has 1 saturated carbocycles. The van der Waals surface area contributed by atoms with Crippen LogP contribution >= 0.6 is 0 Å². The average molecular weight is 240 g/mol. The van der Waals surface area contributed by atoms with E-state index in [4.69, 9.17) is 10.5 Å². The minimum Gasteiger partial charge on any atom is -0.373 e. The molecule has 2 rings (SSSR count). The number of nitrogens with zero attached hydrogens (tertiary/aromatic N) is 1. The van der Waals surface area contributed by atoms with Crippen molar-refractivity contribution in [2.45, 2.75) is 64.8 Å². The van der Waals surface area contributed by atoms with E-state index in [9.17, 15) is 0 Å². The van der Waals surface area contributed by atoms with Gasteiger partial charge in [-0.05, 0) is 38.5 Å². The van der Waals surface area contributed by atoms with Gasteiger partial charge in [0.1, 0.15) is 0 Å². The summed E-state index contributed by atoms with van der Waals surface area (Å²) >= 11 is 0. The molecular formula is C14H28N2O. The van der Waals surface area contributed by atoms with Crippen molar-refractivity contribution in [3.05, 3.63) is 0 Å². The molecule has 100 valence electrons. The quantitative estimate of drug-likeness (QED) is 0.760. The van der Waals surface area contributed by atoms with E-state index in [1.165, 1.54) is 12.8 Å². The fraction of sp³-hybridized carbons (Fsp3) is 1.00. The van der Waals surface area contributed by atoms with E-state index in [0.717, 1.165) is 19.0 Å². The lowest BCUT2D eigenvalue weighted by atomic mass is 9.76. The minimum absolute atomic E-state index is 0.339. The lowest BCUT2D eigenvalue weighted by Gasteiger charge is -2.48. The molecule has 2 N–H and O–H groups in total. The fourth-order valence-electron chi connectivity index (χ4n) is 3.99. The first-order valence-electron chi connectivity index (χ1n) is 7.12. The molecule has 1 aliphatic heterocycles. The van der Waals surface area contributed by atoms with Crippen LogP contribution in [0.25, 0.3) is 0 Å². The van der Waals surface area contributed by atoms with Crippen molar-refractivity contribution in [3.8, 4) is 0 Å². The third-order valence-corrected chi connectivity index (χ3v) is 4.34. The van der Waals surface area contributed by atoms with Gasteiger partial charge in [-0.1, -0.05) is 13.8 Å². The maximum atomic E-state index is 6.40. The SMILES string of the molecule is CC1CC(C)C(N2CC(C)OC(C)C2)C(N)C1. The lowest BCUT2D eigenvalue weighted by Crippen LogP contribution is -2.60. The van der Waals surface area contributed by atoms with Crippen LogP contribution in [0.15, 0.2) is 0 Å². The van der Waals surface area contributed by atoms with Gasteiger partial charge in [0.05, 0.1) is 12.2 Å². The van der Waals surface area contributed by atoms with Crippen LogP contribution in [0.2, 0.25) is 0 Å². The Labute approximate surface area is 106 Å². The second-order valence-corrected chi connectivity index (χ2v) is 6.42. The molecule has 1 saturated heterocycles. The second kappa shape index (κ2) is 5.25. The van der Waals surface area contributed by atoms with Crippen molar-refractivity contribution in [1.82, 2.24) is 4.90 Å². The van der Waals surface area contributed by atoms with Gasteiger partial charge in [0.2, 0.25) is 0 Å². The van der Waals surface area contributed by atoms with E-state index < -0.39 is 0 Å². The largest absolute Gasteiger partial charge is 0.373 e. The molecule has 2 aliphatic rings. The molecule has 0 radical (unpaired) electrons. The summed E-state index contributed by atoms with van der Waals surface area (Å²) in [6, 6.07) is 0.895. The number of rotatable bonds is 1. The van der Waals surface area contributed by atoms with E-state index in [0.29, 0.717) is 30.2 Å². The van der Waals surface area contributed by atoms with Gasteiger partial charge in [0.15, 0.2) is 0 Å². The third kappa shape index (κ3) is 3.01. The first-order valence-corrected chi connectivity index (χ1v) is 7.12. The smallest absolute Gasteiger partial charge is 0.0678 e. The van der Waals surface area contributed by atoms with Crippen LogP contribution in [-0.2, 0) is 4.74 Å². The lowest BCUT2D eigenvalue weighted by molar-refractivity contribution is -0.0949. The van der Waals surface area contributed by atoms with Crippen LogP contribution in [0.5, 0.6) is 0 Å². The maximum Gasteiger partial charge on any atom is 0.0678 e. The molecule has 2 fully saturated rings. The Kier molecular flexibility index (Phi) is 4.11. The predicted molar refractivity (Wildman–Crippen MR) is 70.9 cm³/mol. The van der Waals surface area contributed by atoms with E-state index in [1.807, 2.05) is 0 Å². The molecule has 0 amide bonds. The Balaban J connectivity index is 2.04. The molecule has 6 unspecified atom stereocenters. The van der Waals surface area contributed by atoms with Crippen molar-refractivity contribution in [1.29, 1.82) is 0 Å². The summed E-state index contributed by atoms with van der Waals surface area (Å²) < 4.78 is 5.82. The Morgan fingerprint density at radius 1 is 1.00 bits per heavy atom. The van der Waals surface area contributed by atoms with Crippen molar-refractivity contribution < 1.29 is 4.74 Å². The van der Waals surface area contributed by atoms with Gasteiger partial charge in [-0.25, -0.2) is 0 Å². The molecule has 0 aromatic rings. The number of morpholine rings is 1. The van der Waals surface area contributed by atoms with Gasteiger partial charge in [-0.15, -0.1) is 0 Å². The van der Waals surface area contributed by atoms with Gasteiger partial charge in [-0.3, -0.25) is 4.90 Å². The third-order valence-electron chi connectivity index (χ3n) is 4.34. The van der Waals surface area contributed by atoms with Gasteiger partial charge >= 0.3 is 0 Å². The van der Waals surface area contributed by atoms with Gasteiger partial charge in [-0.2, -0.15) is 0 Å². The maximum absolute atomic E-state index is 6.40. The van der Waals surface area contributed by atoms with Gasteiger partial charge in [0.25, 0.3) is 0 Å². The Bertz CT molecular complexity index is 237. The van der Waals surface area contributed by atoms with Crippen molar-refractivity contribution in [3.63, 3.8) is 0 Å². The average Bonchev–Trinajstić information content (AvgIpc) is 2.13. The second-order valence-electron chi connectivity index (χ2n) is 6.42. The zero-order valence-electron chi connectivity index (χ0n) is 11.7. The van der Waals surface area contributed by atoms with Gasteiger partial charge < -0.3 is 10.5 Å². The first-order chi connectivity index (χ1) is 7.97. The van der Waals surface area contributed by atoms with Crippen LogP contribution < -0.4 is 5.73 Å². The molecule has 6 atom stereocenters. The Morgan fingerprint density at radius 2 is 1.59 bits per heavy atom. The summed E-state index contributed by atoms with van der Waals surface area (Å²) in [6.07, 6.45) is 3.18. The molecule has 0 aromatic carbocycles. The number of hydrogen-bond donors (Lipinski definition) is 1. The zero-order valence-corrected chi connectivity index (χ0v) is 11.7. The molecule has 0 bridgehead atoms. The number of hydrogen-bond acceptors (Lipinski definition) is 3. The highest BCUT2D eigenvalue weighted by atomic mass is 16.5. The monoisotopic (exact) mass is 240 g/mol. The predicted octanol–water partition coefficient (Wildman–Crippen LogP) is 1.86. The molecule has 17 heavy (non-hydrogen) atoms. The molecular weight excluding hydrogens is 212 g/mol. The zero-order chi connectivity index (χ0) is 12.6. The highest BCUT2D eigenvalue weighted by Crippen LogP contribution is 2.32. The van der Waals surface area contributed by atoms with E-state index >= 15 is 0 Å². The summed E-state index contributed by atoms with van der Waals surface area (Å²) in [5, 5.41) is 0. The van der Waals surface area contributed by atoms with Crippen LogP contribution in [0.1, 0.15) is 40.5 Å². The van der Waals surface area contributed by atoms with Gasteiger partial charge in [0, 0.05) is 25.2 Å². The first kappa shape index (κ1) is 13.3. The van der Waals surface area contributed by atoms with Crippen LogP contribution in [0.4, 0.5) is 0 Å². The molecule has 1 aliphatic carbocycles. The van der Waals surface area contributed by atoms with Crippen LogP contribution in [-0.4, -0.2) is 42.3 Å². The molecule has 0 aromatic heterocycles. The molecule has 1 heterocycles. The summed E-state index contributed by atoms with van der Waals surface area (Å²) in [5.74, 6) is 1.50. The summed E-state index contributed by atoms with van der Waals surface area (Å²) in [4.78, 5) is 2.58. The van der Waals surface area contributed by atoms with Crippen LogP contribution in [0, 0.1) is 11.8 Å². The van der Waals surface area contributed by atoms with E-state index in [2.05, 4.69) is 32.6 Å². The highest BCUT2D eigenvalue weighted by molar-refractivity contribution is 4.94. The minimum atomic E-state index is 0.339. The summed E-state index contributed by atoms with van der Waals surface area (Å²) in [5.41, 5.74) is 6.40. The topological polar surface area (TPSA) is 38.5 Å².